The molecule has 0 bridgehead atoms. The minimum absolute atomic E-state index is 0.653. The minimum atomic E-state index is -2.63. The molecule has 0 amide bonds. The summed E-state index contributed by atoms with van der Waals surface area (Å²) in [4.78, 5) is 0. The zero-order valence-electron chi connectivity index (χ0n) is 15.8. The molecule has 1 aliphatic rings. The van der Waals surface area contributed by atoms with Gasteiger partial charge >= 0.3 is 43.8 Å². The van der Waals surface area contributed by atoms with Gasteiger partial charge in [0, 0.05) is 27.4 Å². The molecular weight excluding hydrogens is 385 g/mol. The van der Waals surface area contributed by atoms with E-state index in [1.54, 1.807) is 21.3 Å². The van der Waals surface area contributed by atoms with Crippen LogP contribution in [-0.2, 0) is 29.7 Å². The fraction of sp³-hybridized carbons (Fsp3) is 1.00. The van der Waals surface area contributed by atoms with Crippen LogP contribution < -0.4 is 0 Å². The predicted molar refractivity (Wildman–Crippen MR) is 98.9 cm³/mol. The van der Waals surface area contributed by atoms with Crippen molar-refractivity contribution < 1.29 is 29.7 Å². The van der Waals surface area contributed by atoms with Gasteiger partial charge in [-0.25, -0.2) is 0 Å². The van der Waals surface area contributed by atoms with Crippen LogP contribution in [0.2, 0.25) is 51.4 Å². The summed E-state index contributed by atoms with van der Waals surface area (Å²) in [6, 6.07) is 1.37. The van der Waals surface area contributed by atoms with Gasteiger partial charge in [-0.15, -0.1) is 0 Å². The molecule has 1 fully saturated rings. The normalized spacial score (nSPS) is 24.9. The standard InChI is InChI=1S/C11H31O7Si5/c1-12-23(13-2,14-3)11-10-19-15-20(4,5)17-22(8,9)18-21(6,7)16-19/h10-11H2,1-9H3. The lowest BCUT2D eigenvalue weighted by Crippen LogP contribution is -2.61. The van der Waals surface area contributed by atoms with Gasteiger partial charge in [0.25, 0.3) is 0 Å². The van der Waals surface area contributed by atoms with Crippen molar-refractivity contribution in [2.24, 2.45) is 0 Å². The molecule has 0 aromatic rings. The third kappa shape index (κ3) is 6.91. The fourth-order valence-electron chi connectivity index (χ4n) is 2.73. The Balaban J connectivity index is 2.85. The molecule has 1 radical (unpaired) electrons. The molecule has 1 heterocycles. The molecule has 0 spiro atoms. The highest BCUT2D eigenvalue weighted by Gasteiger charge is 2.49. The zero-order chi connectivity index (χ0) is 17.9. The van der Waals surface area contributed by atoms with Gasteiger partial charge in [-0.3, -0.25) is 0 Å². The van der Waals surface area contributed by atoms with Gasteiger partial charge in [0.15, 0.2) is 0 Å². The average molecular weight is 416 g/mol. The number of rotatable bonds is 6. The summed E-state index contributed by atoms with van der Waals surface area (Å²) in [6.07, 6.45) is 0. The SMILES string of the molecule is CO[Si](CC[Si]1O[Si](C)(C)O[Si](C)(C)O[Si](C)(C)O1)(OC)OC. The Labute approximate surface area is 146 Å². The molecule has 137 valence electrons. The van der Waals surface area contributed by atoms with Gasteiger partial charge in [-0.05, 0) is 45.3 Å². The maximum absolute atomic E-state index is 6.32. The molecule has 0 aromatic heterocycles. The van der Waals surface area contributed by atoms with Crippen molar-refractivity contribution in [2.45, 2.75) is 51.4 Å². The molecular formula is C11H31O7Si5. The van der Waals surface area contributed by atoms with Crippen LogP contribution in [0.5, 0.6) is 0 Å². The van der Waals surface area contributed by atoms with Gasteiger partial charge in [0.1, 0.15) is 0 Å². The summed E-state index contributed by atoms with van der Waals surface area (Å²) in [5.41, 5.74) is 0. The molecule has 0 N–H and O–H groups in total. The van der Waals surface area contributed by atoms with Gasteiger partial charge < -0.3 is 29.7 Å². The lowest BCUT2D eigenvalue weighted by atomic mass is 11.0. The van der Waals surface area contributed by atoms with Gasteiger partial charge in [-0.2, -0.15) is 0 Å². The van der Waals surface area contributed by atoms with E-state index >= 15 is 0 Å². The van der Waals surface area contributed by atoms with Crippen LogP contribution in [0, 0.1) is 0 Å². The molecule has 12 heteroatoms. The van der Waals surface area contributed by atoms with E-state index in [9.17, 15) is 0 Å². The molecule has 0 saturated carbocycles. The topological polar surface area (TPSA) is 64.6 Å². The average Bonchev–Trinajstić information content (AvgIpc) is 2.35. The molecule has 0 aliphatic carbocycles. The van der Waals surface area contributed by atoms with Crippen molar-refractivity contribution in [1.29, 1.82) is 0 Å². The molecule has 23 heavy (non-hydrogen) atoms. The summed E-state index contributed by atoms with van der Waals surface area (Å²) in [5, 5.41) is 0. The second kappa shape index (κ2) is 8.00. The monoisotopic (exact) mass is 415 g/mol. The third-order valence-corrected chi connectivity index (χ3v) is 20.8. The third-order valence-electron chi connectivity index (χ3n) is 3.27. The Morgan fingerprint density at radius 2 is 1.13 bits per heavy atom. The number of hydrogen-bond acceptors (Lipinski definition) is 7. The van der Waals surface area contributed by atoms with Gasteiger partial charge in [0.05, 0.1) is 0 Å². The van der Waals surface area contributed by atoms with E-state index in [-0.39, 0.29) is 0 Å². The lowest BCUT2D eigenvalue weighted by molar-refractivity contribution is 0.124. The van der Waals surface area contributed by atoms with Gasteiger partial charge in [0.2, 0.25) is 0 Å². The summed E-state index contributed by atoms with van der Waals surface area (Å²) in [7, 11) is -6.12. The van der Waals surface area contributed by atoms with Crippen molar-refractivity contribution >= 4 is 43.8 Å². The Morgan fingerprint density at radius 3 is 1.48 bits per heavy atom. The molecule has 0 aromatic carbocycles. The Bertz CT molecular complexity index is 359. The Hall–Kier alpha value is 0.804. The van der Waals surface area contributed by atoms with E-state index in [4.69, 9.17) is 29.7 Å². The number of hydrogen-bond donors (Lipinski definition) is 0. The minimum Gasteiger partial charge on any atom is -0.416 e. The molecule has 1 saturated heterocycles. The van der Waals surface area contributed by atoms with E-state index in [0.717, 1.165) is 0 Å². The van der Waals surface area contributed by atoms with Crippen molar-refractivity contribution in [2.75, 3.05) is 21.3 Å². The first-order valence-corrected chi connectivity index (χ1v) is 19.6. The maximum atomic E-state index is 6.32. The first kappa shape index (κ1) is 21.8. The van der Waals surface area contributed by atoms with E-state index in [0.29, 0.717) is 12.1 Å². The smallest absolute Gasteiger partial charge is 0.416 e. The Morgan fingerprint density at radius 1 is 0.739 bits per heavy atom. The first-order chi connectivity index (χ1) is 10.4. The van der Waals surface area contributed by atoms with Crippen LogP contribution in [-0.4, -0.2) is 65.1 Å². The predicted octanol–water partition coefficient (Wildman–Crippen LogP) is 2.54. The molecule has 1 rings (SSSR count). The van der Waals surface area contributed by atoms with E-state index in [2.05, 4.69) is 13.1 Å². The summed E-state index contributed by atoms with van der Waals surface area (Å²) in [5.74, 6) is 0. The van der Waals surface area contributed by atoms with Gasteiger partial charge in [-0.1, -0.05) is 0 Å². The zero-order valence-corrected chi connectivity index (χ0v) is 20.8. The fourth-order valence-corrected chi connectivity index (χ4v) is 22.7. The molecule has 1 aliphatic heterocycles. The van der Waals surface area contributed by atoms with E-state index < -0.39 is 43.8 Å². The van der Waals surface area contributed by atoms with E-state index in [1.807, 2.05) is 26.2 Å². The quantitative estimate of drug-likeness (QED) is 0.618. The first-order valence-electron chi connectivity index (χ1n) is 7.68. The molecule has 0 unspecified atom stereocenters. The van der Waals surface area contributed by atoms with Crippen LogP contribution in [0.25, 0.3) is 0 Å². The van der Waals surface area contributed by atoms with Crippen molar-refractivity contribution in [3.05, 3.63) is 0 Å². The van der Waals surface area contributed by atoms with Crippen molar-refractivity contribution in [3.63, 3.8) is 0 Å². The Kier molecular flexibility index (Phi) is 7.60. The van der Waals surface area contributed by atoms with Crippen LogP contribution in [0.3, 0.4) is 0 Å². The second-order valence-corrected chi connectivity index (χ2v) is 22.8. The largest absolute Gasteiger partial charge is 0.500 e. The highest BCUT2D eigenvalue weighted by molar-refractivity contribution is 6.89. The highest BCUT2D eigenvalue weighted by atomic mass is 28.5. The van der Waals surface area contributed by atoms with Crippen molar-refractivity contribution in [1.82, 2.24) is 0 Å². The molecule has 7 nitrogen and oxygen atoms in total. The van der Waals surface area contributed by atoms with Crippen LogP contribution in [0.1, 0.15) is 0 Å². The van der Waals surface area contributed by atoms with E-state index in [1.165, 1.54) is 0 Å². The van der Waals surface area contributed by atoms with Crippen LogP contribution >= 0.6 is 0 Å². The lowest BCUT2D eigenvalue weighted by Gasteiger charge is -2.43. The summed E-state index contributed by atoms with van der Waals surface area (Å²) >= 11 is 0. The maximum Gasteiger partial charge on any atom is 0.500 e. The second-order valence-electron chi connectivity index (χ2n) is 6.78. The van der Waals surface area contributed by atoms with Crippen molar-refractivity contribution in [3.8, 4) is 0 Å². The highest BCUT2D eigenvalue weighted by Crippen LogP contribution is 2.29. The summed E-state index contributed by atoms with van der Waals surface area (Å²) < 4.78 is 41.6. The van der Waals surface area contributed by atoms with Crippen LogP contribution in [0.15, 0.2) is 0 Å². The van der Waals surface area contributed by atoms with Crippen LogP contribution in [0.4, 0.5) is 0 Å². The summed E-state index contributed by atoms with van der Waals surface area (Å²) in [6.45, 7) is 12.3. The molecule has 0 atom stereocenters.